The molecule has 2 amide bonds. The summed E-state index contributed by atoms with van der Waals surface area (Å²) in [6.07, 6.45) is 0.176. The summed E-state index contributed by atoms with van der Waals surface area (Å²) in [5.41, 5.74) is 0.909. The van der Waals surface area contributed by atoms with Crippen molar-refractivity contribution in [3.8, 4) is 0 Å². The van der Waals surface area contributed by atoms with Crippen LogP contribution < -0.4 is 21.8 Å². The molecule has 364 valence electrons. The van der Waals surface area contributed by atoms with Crippen LogP contribution in [0.4, 0.5) is 11.9 Å². The molecule has 8 atom stereocenters. The van der Waals surface area contributed by atoms with Crippen molar-refractivity contribution in [2.75, 3.05) is 17.2 Å². The Hall–Kier alpha value is -5.18. The molecule has 5 N–H and O–H groups in total. The van der Waals surface area contributed by atoms with Crippen molar-refractivity contribution in [1.29, 1.82) is 0 Å². The molecule has 8 heterocycles. The summed E-state index contributed by atoms with van der Waals surface area (Å²) in [7, 11) is 1.54. The predicted molar refractivity (Wildman–Crippen MR) is 240 cm³/mol. The summed E-state index contributed by atoms with van der Waals surface area (Å²) in [6, 6.07) is 6.37. The van der Waals surface area contributed by atoms with Crippen molar-refractivity contribution >= 4 is 65.8 Å². The Morgan fingerprint density at radius 1 is 0.746 bits per heavy atom. The van der Waals surface area contributed by atoms with E-state index in [1.165, 1.54) is 24.8 Å². The molecule has 4 saturated heterocycles. The van der Waals surface area contributed by atoms with Gasteiger partial charge in [0.1, 0.15) is 30.5 Å². The molecule has 25 heteroatoms. The Balaban J connectivity index is 0.000000163. The number of amides is 2. The minimum Gasteiger partial charge on any atom is -0.394 e. The number of anilines is 2. The number of aromatic nitrogens is 8. The Morgan fingerprint density at radius 2 is 1.15 bits per heavy atom. The number of imidazole rings is 2. The molecular weight excluding hydrogens is 920 g/mol. The van der Waals surface area contributed by atoms with Gasteiger partial charge >= 0.3 is 0 Å². The lowest BCUT2D eigenvalue weighted by molar-refractivity contribution is -0.199. The third-order valence-electron chi connectivity index (χ3n) is 11.1. The van der Waals surface area contributed by atoms with Crippen LogP contribution in [0.15, 0.2) is 51.4 Å². The number of aliphatic hydroxyl groups excluding tert-OH is 1. The van der Waals surface area contributed by atoms with Gasteiger partial charge in [-0.25, -0.2) is 18.4 Å². The number of ether oxygens (including phenoxy) is 6. The van der Waals surface area contributed by atoms with Gasteiger partial charge in [0.25, 0.3) is 20.2 Å². The number of fused-ring (bicyclic) bond motifs is 4. The first-order chi connectivity index (χ1) is 31.4. The third kappa shape index (κ3) is 10.6. The number of hydrogen-bond acceptors (Lipinski definition) is 17. The fourth-order valence-electron chi connectivity index (χ4n) is 7.81. The second-order valence-corrected chi connectivity index (χ2v) is 20.4. The van der Waals surface area contributed by atoms with Crippen LogP contribution in [0.25, 0.3) is 22.3 Å². The molecule has 1 aromatic carbocycles. The van der Waals surface area contributed by atoms with Crippen LogP contribution in [0.5, 0.6) is 0 Å². The molecule has 0 saturated carbocycles. The normalized spacial score (nSPS) is 25.9. The first-order valence-corrected chi connectivity index (χ1v) is 23.9. The Labute approximate surface area is 388 Å². The van der Waals surface area contributed by atoms with E-state index in [2.05, 4.69) is 40.5 Å². The number of aliphatic hydroxyl groups is 1. The summed E-state index contributed by atoms with van der Waals surface area (Å²) in [4.78, 5) is 71.0. The summed E-state index contributed by atoms with van der Waals surface area (Å²) in [5.74, 6) is -2.50. The number of hydrogen-bond donors (Lipinski definition) is 5. The molecule has 2 unspecified atom stereocenters. The van der Waals surface area contributed by atoms with Crippen LogP contribution in [0.1, 0.15) is 86.8 Å². The van der Waals surface area contributed by atoms with Crippen molar-refractivity contribution in [3.63, 3.8) is 0 Å². The maximum absolute atomic E-state index is 12.4. The van der Waals surface area contributed by atoms with E-state index >= 15 is 0 Å². The van der Waals surface area contributed by atoms with Crippen LogP contribution in [0.3, 0.4) is 0 Å². The number of carbonyl (C=O) groups excluding carboxylic acids is 2. The smallest absolute Gasteiger partial charge is 0.280 e. The van der Waals surface area contributed by atoms with Crippen LogP contribution in [-0.2, 0) is 47.1 Å². The first-order valence-electron chi connectivity index (χ1n) is 21.6. The number of benzene rings is 1. The van der Waals surface area contributed by atoms with E-state index in [-0.39, 0.29) is 82.0 Å². The van der Waals surface area contributed by atoms with Crippen molar-refractivity contribution in [3.05, 3.63) is 63.2 Å². The zero-order chi connectivity index (χ0) is 48.9. The first kappa shape index (κ1) is 49.7. The molecule has 0 aliphatic carbocycles. The Morgan fingerprint density at radius 3 is 1.54 bits per heavy atom. The minimum atomic E-state index is -3.55. The zero-order valence-electron chi connectivity index (χ0n) is 38.5. The van der Waals surface area contributed by atoms with E-state index in [4.69, 9.17) is 39.1 Å². The fourth-order valence-corrected chi connectivity index (χ4v) is 8.58. The molecule has 0 spiro atoms. The maximum atomic E-state index is 12.4. The number of H-pyrrole nitrogens is 2. The van der Waals surface area contributed by atoms with E-state index < -0.39 is 62.5 Å². The van der Waals surface area contributed by atoms with Crippen molar-refractivity contribution in [1.82, 2.24) is 39.0 Å². The molecule has 4 aliphatic heterocycles. The van der Waals surface area contributed by atoms with Crippen molar-refractivity contribution in [2.45, 2.75) is 141 Å². The average molecular weight is 975 g/mol. The number of carbonyl (C=O) groups is 2. The number of aryl methyl sites for hydroxylation is 1. The van der Waals surface area contributed by atoms with Gasteiger partial charge < -0.3 is 33.5 Å². The summed E-state index contributed by atoms with van der Waals surface area (Å²) >= 11 is 0. The van der Waals surface area contributed by atoms with Crippen LogP contribution >= 0.6 is 10.7 Å². The zero-order valence-corrected chi connectivity index (χ0v) is 40.0. The average Bonchev–Trinajstić information content (AvgIpc) is 4.09. The van der Waals surface area contributed by atoms with Gasteiger partial charge in [0.05, 0.1) is 30.3 Å². The van der Waals surface area contributed by atoms with E-state index in [9.17, 15) is 32.7 Å². The highest BCUT2D eigenvalue weighted by molar-refractivity contribution is 8.13. The van der Waals surface area contributed by atoms with Gasteiger partial charge in [0.2, 0.25) is 23.7 Å². The number of halogens is 1. The van der Waals surface area contributed by atoms with E-state index in [0.717, 1.165) is 12.0 Å². The number of nitrogens with zero attached hydrogens (tertiary/aromatic N) is 6. The van der Waals surface area contributed by atoms with Gasteiger partial charge in [-0.15, -0.1) is 0 Å². The maximum Gasteiger partial charge on any atom is 0.280 e. The number of rotatable bonds is 9. The predicted octanol–water partition coefficient (Wildman–Crippen LogP) is 3.59. The Kier molecular flexibility index (Phi) is 14.2. The van der Waals surface area contributed by atoms with Crippen LogP contribution in [0.2, 0.25) is 0 Å². The quantitative estimate of drug-likeness (QED) is 0.132. The van der Waals surface area contributed by atoms with E-state index in [1.807, 2.05) is 27.7 Å². The molecule has 4 fully saturated rings. The van der Waals surface area contributed by atoms with Gasteiger partial charge in [-0.05, 0) is 53.2 Å². The fraction of sp³-hybridized carbons (Fsp3) is 0.571. The van der Waals surface area contributed by atoms with Crippen molar-refractivity contribution in [2.24, 2.45) is 11.8 Å². The molecule has 4 aliphatic rings. The van der Waals surface area contributed by atoms with E-state index in [0.29, 0.717) is 5.65 Å². The number of nitrogens with one attached hydrogen (secondary N) is 4. The second kappa shape index (κ2) is 19.1. The lowest BCUT2D eigenvalue weighted by Gasteiger charge is -2.24. The molecule has 0 radical (unpaired) electrons. The van der Waals surface area contributed by atoms with Gasteiger partial charge in [0, 0.05) is 22.5 Å². The highest BCUT2D eigenvalue weighted by Gasteiger charge is 2.57. The molecule has 5 aromatic rings. The molecule has 4 aromatic heterocycles. The largest absolute Gasteiger partial charge is 0.394 e. The Bertz CT molecular complexity index is 2710. The lowest BCUT2D eigenvalue weighted by Crippen LogP contribution is -2.31. The second-order valence-electron chi connectivity index (χ2n) is 17.9. The number of aromatic amines is 2. The summed E-state index contributed by atoms with van der Waals surface area (Å²) in [6.45, 7) is 17.9. The topological polar surface area (TPSA) is 295 Å². The standard InChI is InChI=1S/C18H25N5O5.C17H23N5O6.C7H7ClO2S/c1-6-9-11-12(28-18(4,5)27-11)16(26-9)23-7-19-10-13(23)20-17(22-15(10)25)21-14(24)8(2)3;1-7(2)13(24)20-16-19-12-9(14(25)21-16)18-6-22(12)15-11-10(8(5-23)26-15)27-17(3,4)28-11;1-6-2-4-7(5-3-6)11(8,9)10/h7-9,11-12,16H,6H2,1-5H3,(H2,20,21,22,24,25);6-8,10-11,15,23H,5H2,1-4H3,(H2,19,20,21,24,25);2-5H,1H3/t9-,11?,12+,16-;8-,10?,11+,15-;/m11./s1. The monoisotopic (exact) mass is 974 g/mol. The van der Waals surface area contributed by atoms with Gasteiger partial charge in [-0.1, -0.05) is 52.3 Å². The van der Waals surface area contributed by atoms with E-state index in [1.54, 1.807) is 62.8 Å². The minimum absolute atomic E-state index is 0.0233. The molecule has 9 rings (SSSR count). The summed E-state index contributed by atoms with van der Waals surface area (Å²) < 4.78 is 60.6. The van der Waals surface area contributed by atoms with Crippen LogP contribution in [-0.4, -0.2) is 119 Å². The van der Waals surface area contributed by atoms with Crippen molar-refractivity contribution < 1.29 is 51.5 Å². The third-order valence-corrected chi connectivity index (χ3v) is 12.5. The van der Waals surface area contributed by atoms with Gasteiger partial charge in [-0.3, -0.25) is 48.9 Å². The molecule has 67 heavy (non-hydrogen) atoms. The summed E-state index contributed by atoms with van der Waals surface area (Å²) in [5, 5.41) is 14.8. The highest BCUT2D eigenvalue weighted by Crippen LogP contribution is 2.45. The SMILES string of the molecule is CC(C)C(=O)Nc1nc2c(ncn2[C@@H]2O[C@H](CO)C3OC(C)(C)O[C@@H]32)c(=O)[nH]1.CC[C@H]1O[C@@H](n2cnc3c(=O)[nH]c(NC(=O)C(C)C)nc32)[C@H]2OC(C)(C)OC12.Cc1ccc(S(=O)(=O)Cl)cc1. The molecule has 0 bridgehead atoms. The molecule has 23 nitrogen and oxygen atoms in total. The van der Waals surface area contributed by atoms with Gasteiger partial charge in [0.15, 0.2) is 46.4 Å². The lowest BCUT2D eigenvalue weighted by atomic mass is 10.1. The van der Waals surface area contributed by atoms with Crippen LogP contribution in [0, 0.1) is 18.8 Å². The molecular formula is C42H55ClN10O13S. The van der Waals surface area contributed by atoms with Gasteiger partial charge in [-0.2, -0.15) is 9.97 Å². The highest BCUT2D eigenvalue weighted by atomic mass is 35.7.